The fourth-order valence-corrected chi connectivity index (χ4v) is 3.45. The molecule has 0 saturated heterocycles. The van der Waals surface area contributed by atoms with E-state index < -0.39 is 0 Å². The summed E-state index contributed by atoms with van der Waals surface area (Å²) in [7, 11) is 0. The molecule has 2 aromatic heterocycles. The Hall–Kier alpha value is -2.86. The number of carbonyl (C=O) groups excluding carboxylic acids is 1. The minimum atomic E-state index is -0.316. The predicted molar refractivity (Wildman–Crippen MR) is 91.2 cm³/mol. The van der Waals surface area contributed by atoms with Crippen LogP contribution < -0.4 is 0 Å². The van der Waals surface area contributed by atoms with Crippen molar-refractivity contribution < 1.29 is 14.3 Å². The molecule has 1 N–H and O–H groups in total. The first-order valence-electron chi connectivity index (χ1n) is 7.50. The van der Waals surface area contributed by atoms with Gasteiger partial charge in [-0.05, 0) is 35.7 Å². The van der Waals surface area contributed by atoms with E-state index in [-0.39, 0.29) is 17.7 Å². The Morgan fingerprint density at radius 2 is 2.08 bits per heavy atom. The molecule has 24 heavy (non-hydrogen) atoms. The van der Waals surface area contributed by atoms with Crippen LogP contribution in [0.15, 0.2) is 69.7 Å². The van der Waals surface area contributed by atoms with E-state index in [1.54, 1.807) is 36.6 Å². The van der Waals surface area contributed by atoms with Gasteiger partial charge in [0.05, 0.1) is 16.9 Å². The first-order valence-corrected chi connectivity index (χ1v) is 8.38. The number of para-hydroxylation sites is 1. The average Bonchev–Trinajstić information content (AvgIpc) is 3.34. The highest BCUT2D eigenvalue weighted by molar-refractivity contribution is 7.12. The number of hydrogen-bond donors (Lipinski definition) is 1. The Morgan fingerprint density at radius 3 is 2.79 bits per heavy atom. The molecule has 1 atom stereocenters. The van der Waals surface area contributed by atoms with Crippen LogP contribution in [-0.2, 0) is 0 Å². The van der Waals surface area contributed by atoms with Crippen molar-refractivity contribution in [2.45, 2.75) is 12.5 Å². The summed E-state index contributed by atoms with van der Waals surface area (Å²) in [6.45, 7) is 0. The number of phenols is 1. The quantitative estimate of drug-likeness (QED) is 0.784. The number of amides is 1. The Bertz CT molecular complexity index is 885. The highest BCUT2D eigenvalue weighted by atomic mass is 32.1. The van der Waals surface area contributed by atoms with Crippen LogP contribution in [0.4, 0.5) is 0 Å². The van der Waals surface area contributed by atoms with E-state index >= 15 is 0 Å². The SMILES string of the molecule is O=C(c1cccs1)N1N=C(c2ccccc2O)CC1c1ccco1. The minimum absolute atomic E-state index is 0.153. The molecule has 1 unspecified atom stereocenters. The smallest absolute Gasteiger partial charge is 0.284 e. The fraction of sp³-hybridized carbons (Fsp3) is 0.111. The Morgan fingerprint density at radius 1 is 1.21 bits per heavy atom. The van der Waals surface area contributed by atoms with E-state index in [1.165, 1.54) is 16.3 Å². The van der Waals surface area contributed by atoms with Gasteiger partial charge in [0.1, 0.15) is 17.6 Å². The standard InChI is InChI=1S/C18H14N2O3S/c21-15-6-2-1-5-12(15)13-11-14(16-7-3-9-23-16)20(19-13)18(22)17-8-4-10-24-17/h1-10,14,21H,11H2. The summed E-state index contributed by atoms with van der Waals surface area (Å²) in [5, 5.41) is 17.9. The lowest BCUT2D eigenvalue weighted by Crippen LogP contribution is -2.26. The third-order valence-electron chi connectivity index (χ3n) is 3.94. The zero-order chi connectivity index (χ0) is 16.5. The molecule has 0 spiro atoms. The molecule has 5 nitrogen and oxygen atoms in total. The van der Waals surface area contributed by atoms with Crippen molar-refractivity contribution in [1.82, 2.24) is 5.01 Å². The highest BCUT2D eigenvalue weighted by Gasteiger charge is 2.36. The number of hydrazone groups is 1. The average molecular weight is 338 g/mol. The summed E-state index contributed by atoms with van der Waals surface area (Å²) in [4.78, 5) is 13.4. The van der Waals surface area contributed by atoms with Gasteiger partial charge in [-0.3, -0.25) is 4.79 Å². The lowest BCUT2D eigenvalue weighted by molar-refractivity contribution is 0.0698. The van der Waals surface area contributed by atoms with E-state index in [1.807, 2.05) is 23.6 Å². The molecule has 0 bridgehead atoms. The zero-order valence-corrected chi connectivity index (χ0v) is 13.4. The number of rotatable bonds is 3. The first-order chi connectivity index (χ1) is 11.7. The largest absolute Gasteiger partial charge is 0.507 e. The summed E-state index contributed by atoms with van der Waals surface area (Å²) < 4.78 is 5.50. The second-order valence-corrected chi connectivity index (χ2v) is 6.37. The Balaban J connectivity index is 1.74. The summed E-state index contributed by atoms with van der Waals surface area (Å²) in [6.07, 6.45) is 2.07. The van der Waals surface area contributed by atoms with E-state index in [2.05, 4.69) is 5.10 Å². The van der Waals surface area contributed by atoms with Gasteiger partial charge in [-0.15, -0.1) is 11.3 Å². The zero-order valence-electron chi connectivity index (χ0n) is 12.6. The van der Waals surface area contributed by atoms with Gasteiger partial charge in [0.25, 0.3) is 5.91 Å². The van der Waals surface area contributed by atoms with Gasteiger partial charge in [-0.2, -0.15) is 5.10 Å². The third-order valence-corrected chi connectivity index (χ3v) is 4.79. The molecule has 0 fully saturated rings. The van der Waals surface area contributed by atoms with Crippen molar-refractivity contribution in [3.63, 3.8) is 0 Å². The fourth-order valence-electron chi connectivity index (χ4n) is 2.79. The maximum atomic E-state index is 12.8. The number of aromatic hydroxyl groups is 1. The van der Waals surface area contributed by atoms with Crippen LogP contribution in [0.1, 0.15) is 33.5 Å². The van der Waals surface area contributed by atoms with Crippen LogP contribution in [0.3, 0.4) is 0 Å². The minimum Gasteiger partial charge on any atom is -0.507 e. The molecule has 1 aliphatic rings. The van der Waals surface area contributed by atoms with Crippen LogP contribution in [-0.4, -0.2) is 21.7 Å². The second kappa shape index (κ2) is 5.98. The number of thiophene rings is 1. The van der Waals surface area contributed by atoms with Gasteiger partial charge in [-0.1, -0.05) is 18.2 Å². The maximum absolute atomic E-state index is 12.8. The lowest BCUT2D eigenvalue weighted by Gasteiger charge is -2.18. The van der Waals surface area contributed by atoms with Crippen LogP contribution in [0.2, 0.25) is 0 Å². The molecule has 4 rings (SSSR count). The molecule has 120 valence electrons. The van der Waals surface area contributed by atoms with Crippen molar-refractivity contribution in [2.75, 3.05) is 0 Å². The van der Waals surface area contributed by atoms with Gasteiger partial charge in [0.15, 0.2) is 0 Å². The van der Waals surface area contributed by atoms with Crippen molar-refractivity contribution in [3.8, 4) is 5.75 Å². The molecule has 1 amide bonds. The van der Waals surface area contributed by atoms with Gasteiger partial charge < -0.3 is 9.52 Å². The monoisotopic (exact) mass is 338 g/mol. The number of benzene rings is 1. The van der Waals surface area contributed by atoms with E-state index in [0.717, 1.165) is 0 Å². The first kappa shape index (κ1) is 14.7. The molecule has 6 heteroatoms. The number of furan rings is 1. The summed E-state index contributed by atoms with van der Waals surface area (Å²) in [6, 6.07) is 13.9. The Kier molecular flexibility index (Phi) is 3.66. The predicted octanol–water partition coefficient (Wildman–Crippen LogP) is 4.04. The molecule has 0 aliphatic carbocycles. The van der Waals surface area contributed by atoms with E-state index in [0.29, 0.717) is 28.3 Å². The van der Waals surface area contributed by atoms with E-state index in [4.69, 9.17) is 4.42 Å². The van der Waals surface area contributed by atoms with Crippen LogP contribution in [0.25, 0.3) is 0 Å². The molecule has 1 aromatic carbocycles. The number of nitrogens with zero attached hydrogens (tertiary/aromatic N) is 2. The molecular formula is C18H14N2O3S. The van der Waals surface area contributed by atoms with Crippen LogP contribution in [0, 0.1) is 0 Å². The van der Waals surface area contributed by atoms with E-state index in [9.17, 15) is 9.90 Å². The van der Waals surface area contributed by atoms with Crippen molar-refractivity contribution >= 4 is 23.0 Å². The van der Waals surface area contributed by atoms with Gasteiger partial charge >= 0.3 is 0 Å². The number of phenolic OH excluding ortho intramolecular Hbond substituents is 1. The molecule has 1 aliphatic heterocycles. The van der Waals surface area contributed by atoms with Crippen molar-refractivity contribution in [1.29, 1.82) is 0 Å². The molecular weight excluding hydrogens is 324 g/mol. The topological polar surface area (TPSA) is 66.0 Å². The lowest BCUT2D eigenvalue weighted by atomic mass is 10.0. The van der Waals surface area contributed by atoms with Gasteiger partial charge in [0, 0.05) is 12.0 Å². The number of hydrogen-bond acceptors (Lipinski definition) is 5. The normalized spacial score (nSPS) is 17.1. The summed E-state index contributed by atoms with van der Waals surface area (Å²) in [5.41, 5.74) is 1.30. The third kappa shape index (κ3) is 2.51. The summed E-state index contributed by atoms with van der Waals surface area (Å²) in [5.74, 6) is 0.658. The Labute approximate surface area is 142 Å². The van der Waals surface area contributed by atoms with Crippen LogP contribution >= 0.6 is 11.3 Å². The molecule has 3 aromatic rings. The second-order valence-electron chi connectivity index (χ2n) is 5.43. The molecule has 0 radical (unpaired) electrons. The van der Waals surface area contributed by atoms with Gasteiger partial charge in [-0.25, -0.2) is 5.01 Å². The molecule has 0 saturated carbocycles. The van der Waals surface area contributed by atoms with Crippen molar-refractivity contribution in [3.05, 3.63) is 76.4 Å². The maximum Gasteiger partial charge on any atom is 0.284 e. The van der Waals surface area contributed by atoms with Gasteiger partial charge in [0.2, 0.25) is 0 Å². The van der Waals surface area contributed by atoms with Crippen LogP contribution in [0.5, 0.6) is 5.75 Å². The van der Waals surface area contributed by atoms with Crippen molar-refractivity contribution in [2.24, 2.45) is 5.10 Å². The highest BCUT2D eigenvalue weighted by Crippen LogP contribution is 2.36. The number of carbonyl (C=O) groups is 1. The molecule has 3 heterocycles. The summed E-state index contributed by atoms with van der Waals surface area (Å²) >= 11 is 1.38.